The third kappa shape index (κ3) is 4.19. The molecule has 0 heterocycles. The van der Waals surface area contributed by atoms with Crippen molar-refractivity contribution in [3.8, 4) is 0 Å². The molecule has 0 bridgehead atoms. The summed E-state index contributed by atoms with van der Waals surface area (Å²) >= 11 is 6.12. The lowest BCUT2D eigenvalue weighted by Gasteiger charge is -2.19. The van der Waals surface area contributed by atoms with Crippen molar-refractivity contribution in [1.82, 2.24) is 9.62 Å². The zero-order chi connectivity index (χ0) is 15.2. The van der Waals surface area contributed by atoms with Crippen molar-refractivity contribution in [2.45, 2.75) is 38.6 Å². The van der Waals surface area contributed by atoms with Crippen molar-refractivity contribution in [3.05, 3.63) is 28.8 Å². The molecular formula is C14H23ClN2O2S. The molecule has 0 aliphatic heterocycles. The van der Waals surface area contributed by atoms with E-state index in [1.807, 2.05) is 13.8 Å². The molecular weight excluding hydrogens is 296 g/mol. The number of halogens is 1. The maximum absolute atomic E-state index is 12.5. The Labute approximate surface area is 127 Å². The third-order valence-electron chi connectivity index (χ3n) is 3.10. The van der Waals surface area contributed by atoms with Gasteiger partial charge in [0.2, 0.25) is 10.0 Å². The minimum Gasteiger partial charge on any atom is -0.313 e. The van der Waals surface area contributed by atoms with Gasteiger partial charge in [-0.05, 0) is 36.7 Å². The zero-order valence-corrected chi connectivity index (χ0v) is 13.9. The topological polar surface area (TPSA) is 49.4 Å². The van der Waals surface area contributed by atoms with E-state index in [-0.39, 0.29) is 0 Å². The molecule has 114 valence electrons. The number of rotatable bonds is 8. The molecule has 0 unspecified atom stereocenters. The SMILES string of the molecule is CCCNCc1cc(S(=O)(=O)N(CC)CC)ccc1Cl. The van der Waals surface area contributed by atoms with Gasteiger partial charge in [-0.25, -0.2) is 8.42 Å². The summed E-state index contributed by atoms with van der Waals surface area (Å²) in [7, 11) is -3.42. The van der Waals surface area contributed by atoms with Gasteiger partial charge < -0.3 is 5.32 Å². The van der Waals surface area contributed by atoms with Gasteiger partial charge in [-0.2, -0.15) is 4.31 Å². The van der Waals surface area contributed by atoms with Gasteiger partial charge in [0.05, 0.1) is 4.90 Å². The van der Waals surface area contributed by atoms with Crippen LogP contribution in [0.3, 0.4) is 0 Å². The standard InChI is InChI=1S/C14H23ClN2O2S/c1-4-9-16-11-12-10-13(7-8-14(12)15)20(18,19)17(5-2)6-3/h7-8,10,16H,4-6,9,11H2,1-3H3. The van der Waals surface area contributed by atoms with Crippen molar-refractivity contribution in [2.75, 3.05) is 19.6 Å². The largest absolute Gasteiger partial charge is 0.313 e. The van der Waals surface area contributed by atoms with Gasteiger partial charge in [0.25, 0.3) is 0 Å². The fourth-order valence-corrected chi connectivity index (χ4v) is 3.65. The first-order chi connectivity index (χ1) is 9.47. The molecule has 0 spiro atoms. The number of nitrogens with one attached hydrogen (secondary N) is 1. The molecule has 0 saturated carbocycles. The maximum atomic E-state index is 12.5. The van der Waals surface area contributed by atoms with Crippen molar-refractivity contribution < 1.29 is 8.42 Å². The average Bonchev–Trinajstić information content (AvgIpc) is 2.42. The van der Waals surface area contributed by atoms with Gasteiger partial charge >= 0.3 is 0 Å². The normalized spacial score (nSPS) is 12.1. The Bertz CT molecular complexity index is 528. The molecule has 20 heavy (non-hydrogen) atoms. The second-order valence-corrected chi connectivity index (χ2v) is 6.86. The lowest BCUT2D eigenvalue weighted by molar-refractivity contribution is 0.445. The van der Waals surface area contributed by atoms with E-state index in [1.165, 1.54) is 4.31 Å². The van der Waals surface area contributed by atoms with E-state index in [1.54, 1.807) is 18.2 Å². The summed E-state index contributed by atoms with van der Waals surface area (Å²) in [4.78, 5) is 0.305. The fraction of sp³-hybridized carbons (Fsp3) is 0.571. The van der Waals surface area contributed by atoms with Crippen LogP contribution in [0.5, 0.6) is 0 Å². The molecule has 0 aliphatic carbocycles. The zero-order valence-electron chi connectivity index (χ0n) is 12.3. The van der Waals surface area contributed by atoms with Crippen LogP contribution in [-0.2, 0) is 16.6 Å². The highest BCUT2D eigenvalue weighted by Crippen LogP contribution is 2.22. The quantitative estimate of drug-likeness (QED) is 0.750. The molecule has 1 rings (SSSR count). The first-order valence-corrected chi connectivity index (χ1v) is 8.78. The van der Waals surface area contributed by atoms with Crippen LogP contribution in [0.2, 0.25) is 5.02 Å². The molecule has 4 nitrogen and oxygen atoms in total. The second-order valence-electron chi connectivity index (χ2n) is 4.52. The van der Waals surface area contributed by atoms with Crippen molar-refractivity contribution in [3.63, 3.8) is 0 Å². The number of sulfonamides is 1. The molecule has 6 heteroatoms. The Kier molecular flexibility index (Phi) is 6.95. The van der Waals surface area contributed by atoms with Crippen molar-refractivity contribution in [1.29, 1.82) is 0 Å². The van der Waals surface area contributed by atoms with E-state index < -0.39 is 10.0 Å². The monoisotopic (exact) mass is 318 g/mol. The van der Waals surface area contributed by atoms with Crippen LogP contribution in [-0.4, -0.2) is 32.4 Å². The highest BCUT2D eigenvalue weighted by atomic mass is 35.5. The number of hydrogen-bond donors (Lipinski definition) is 1. The molecule has 0 amide bonds. The van der Waals surface area contributed by atoms with Gasteiger partial charge in [-0.1, -0.05) is 32.4 Å². The fourth-order valence-electron chi connectivity index (χ4n) is 1.96. The maximum Gasteiger partial charge on any atom is 0.243 e. The Hall–Kier alpha value is -0.620. The predicted octanol–water partition coefficient (Wildman–Crippen LogP) is 2.87. The first-order valence-electron chi connectivity index (χ1n) is 6.96. The van der Waals surface area contributed by atoms with Gasteiger partial charge in [0.15, 0.2) is 0 Å². The number of benzene rings is 1. The Morgan fingerprint density at radius 3 is 2.40 bits per heavy atom. The highest BCUT2D eigenvalue weighted by molar-refractivity contribution is 7.89. The van der Waals surface area contributed by atoms with Crippen LogP contribution < -0.4 is 5.32 Å². The van der Waals surface area contributed by atoms with E-state index in [2.05, 4.69) is 12.2 Å². The predicted molar refractivity (Wildman–Crippen MR) is 83.6 cm³/mol. The Morgan fingerprint density at radius 1 is 1.20 bits per heavy atom. The number of nitrogens with zero attached hydrogens (tertiary/aromatic N) is 1. The van der Waals surface area contributed by atoms with Gasteiger partial charge in [0, 0.05) is 24.7 Å². The highest BCUT2D eigenvalue weighted by Gasteiger charge is 2.22. The average molecular weight is 319 g/mol. The van der Waals surface area contributed by atoms with Crippen molar-refractivity contribution in [2.24, 2.45) is 0 Å². The van der Waals surface area contributed by atoms with E-state index in [4.69, 9.17) is 11.6 Å². The summed E-state index contributed by atoms with van der Waals surface area (Å²) in [6, 6.07) is 4.89. The summed E-state index contributed by atoms with van der Waals surface area (Å²) < 4.78 is 26.3. The molecule has 0 fully saturated rings. The van der Waals surface area contributed by atoms with Crippen LogP contribution in [0.4, 0.5) is 0 Å². The lowest BCUT2D eigenvalue weighted by atomic mass is 10.2. The van der Waals surface area contributed by atoms with Crippen molar-refractivity contribution >= 4 is 21.6 Å². The lowest BCUT2D eigenvalue weighted by Crippen LogP contribution is -2.30. The molecule has 1 aromatic rings. The Morgan fingerprint density at radius 2 is 1.85 bits per heavy atom. The minimum atomic E-state index is -3.42. The van der Waals surface area contributed by atoms with Crippen LogP contribution in [0.25, 0.3) is 0 Å². The van der Waals surface area contributed by atoms with Gasteiger partial charge in [0.1, 0.15) is 0 Å². The summed E-state index contributed by atoms with van der Waals surface area (Å²) in [5.41, 5.74) is 0.813. The summed E-state index contributed by atoms with van der Waals surface area (Å²) in [5, 5.41) is 3.83. The van der Waals surface area contributed by atoms with Crippen LogP contribution in [0, 0.1) is 0 Å². The second kappa shape index (κ2) is 7.98. The first kappa shape index (κ1) is 17.4. The Balaban J connectivity index is 3.05. The van der Waals surface area contributed by atoms with Crippen LogP contribution in [0.15, 0.2) is 23.1 Å². The molecule has 1 N–H and O–H groups in total. The van der Waals surface area contributed by atoms with Gasteiger partial charge in [-0.3, -0.25) is 0 Å². The molecule has 0 aliphatic rings. The van der Waals surface area contributed by atoms with Gasteiger partial charge in [-0.15, -0.1) is 0 Å². The van der Waals surface area contributed by atoms with E-state index in [0.29, 0.717) is 29.6 Å². The summed E-state index contributed by atoms with van der Waals surface area (Å²) in [6.45, 7) is 8.13. The molecule has 0 radical (unpaired) electrons. The molecule has 0 atom stereocenters. The molecule has 0 aromatic heterocycles. The smallest absolute Gasteiger partial charge is 0.243 e. The van der Waals surface area contributed by atoms with E-state index >= 15 is 0 Å². The summed E-state index contributed by atoms with van der Waals surface area (Å²) in [5.74, 6) is 0. The minimum absolute atomic E-state index is 0.305. The van der Waals surface area contributed by atoms with E-state index in [0.717, 1.165) is 18.5 Å². The van der Waals surface area contributed by atoms with Crippen LogP contribution >= 0.6 is 11.6 Å². The van der Waals surface area contributed by atoms with E-state index in [9.17, 15) is 8.42 Å². The van der Waals surface area contributed by atoms with Crippen LogP contribution in [0.1, 0.15) is 32.8 Å². The summed E-state index contributed by atoms with van der Waals surface area (Å²) in [6.07, 6.45) is 1.02. The number of hydrogen-bond acceptors (Lipinski definition) is 3. The third-order valence-corrected chi connectivity index (χ3v) is 5.52. The molecule has 1 aromatic carbocycles. The molecule has 0 saturated heterocycles.